The molecule has 1 N–H and O–H groups in total. The molecule has 27 heavy (non-hydrogen) atoms. The van der Waals surface area contributed by atoms with Gasteiger partial charge in [-0.2, -0.15) is 5.10 Å². The molecule has 0 aliphatic rings. The van der Waals surface area contributed by atoms with E-state index in [-0.39, 0.29) is 12.5 Å². The molecule has 0 bridgehead atoms. The molecule has 6 heteroatoms. The van der Waals surface area contributed by atoms with Gasteiger partial charge in [0.25, 0.3) is 5.91 Å². The lowest BCUT2D eigenvalue weighted by Gasteiger charge is -2.09. The Morgan fingerprint density at radius 1 is 1.15 bits per heavy atom. The summed E-state index contributed by atoms with van der Waals surface area (Å²) >= 11 is 3.51. The van der Waals surface area contributed by atoms with Crippen molar-refractivity contribution >= 4 is 28.1 Å². The number of carbonyl (C=O) groups is 1. The number of hydrogen-bond donors (Lipinski definition) is 1. The van der Waals surface area contributed by atoms with E-state index in [9.17, 15) is 4.79 Å². The first-order valence-corrected chi connectivity index (χ1v) is 9.28. The SMILES string of the molecule is Cc1cc(/C=N\NC(=O)COc2ccccc2)c(C)n1-c1cccc(Br)c1. The summed E-state index contributed by atoms with van der Waals surface area (Å²) in [5.74, 6) is 0.338. The van der Waals surface area contributed by atoms with Gasteiger partial charge in [-0.1, -0.05) is 40.2 Å². The number of benzene rings is 2. The number of amides is 1. The van der Waals surface area contributed by atoms with E-state index in [2.05, 4.69) is 37.1 Å². The fourth-order valence-electron chi connectivity index (χ4n) is 2.80. The van der Waals surface area contributed by atoms with Crippen molar-refractivity contribution < 1.29 is 9.53 Å². The van der Waals surface area contributed by atoms with Crippen LogP contribution in [0.4, 0.5) is 0 Å². The Morgan fingerprint density at radius 2 is 1.93 bits per heavy atom. The van der Waals surface area contributed by atoms with Gasteiger partial charge in [-0.25, -0.2) is 5.43 Å². The summed E-state index contributed by atoms with van der Waals surface area (Å²) in [5.41, 5.74) is 6.64. The highest BCUT2D eigenvalue weighted by Gasteiger charge is 2.10. The average Bonchev–Trinajstić information content (AvgIpc) is 2.94. The van der Waals surface area contributed by atoms with E-state index >= 15 is 0 Å². The number of nitrogens with zero attached hydrogens (tertiary/aromatic N) is 2. The van der Waals surface area contributed by atoms with Crippen LogP contribution in [0.3, 0.4) is 0 Å². The van der Waals surface area contributed by atoms with Gasteiger partial charge in [0, 0.05) is 27.1 Å². The Morgan fingerprint density at radius 3 is 2.67 bits per heavy atom. The Labute approximate surface area is 166 Å². The van der Waals surface area contributed by atoms with Gasteiger partial charge in [0.15, 0.2) is 6.61 Å². The van der Waals surface area contributed by atoms with Crippen LogP contribution in [-0.4, -0.2) is 23.3 Å². The lowest BCUT2D eigenvalue weighted by Crippen LogP contribution is -2.24. The second-order valence-electron chi connectivity index (χ2n) is 6.04. The van der Waals surface area contributed by atoms with Crippen LogP contribution in [0.25, 0.3) is 5.69 Å². The number of halogens is 1. The minimum atomic E-state index is -0.309. The van der Waals surface area contributed by atoms with Crippen LogP contribution in [0.5, 0.6) is 5.75 Å². The fraction of sp³-hybridized carbons (Fsp3) is 0.143. The quantitative estimate of drug-likeness (QED) is 0.470. The minimum Gasteiger partial charge on any atom is -0.484 e. The maximum atomic E-state index is 11.9. The molecule has 0 aliphatic heterocycles. The lowest BCUT2D eigenvalue weighted by atomic mass is 10.2. The Bertz CT molecular complexity index is 965. The molecule has 0 radical (unpaired) electrons. The maximum absolute atomic E-state index is 11.9. The van der Waals surface area contributed by atoms with E-state index < -0.39 is 0 Å². The smallest absolute Gasteiger partial charge is 0.277 e. The highest BCUT2D eigenvalue weighted by Crippen LogP contribution is 2.22. The summed E-state index contributed by atoms with van der Waals surface area (Å²) in [5, 5.41) is 4.05. The Hall–Kier alpha value is -2.86. The minimum absolute atomic E-state index is 0.0849. The molecule has 0 spiro atoms. The molecule has 138 valence electrons. The molecule has 0 saturated carbocycles. The number of hydrogen-bond acceptors (Lipinski definition) is 3. The molecule has 0 aliphatic carbocycles. The monoisotopic (exact) mass is 425 g/mol. The number of aromatic nitrogens is 1. The van der Waals surface area contributed by atoms with Crippen molar-refractivity contribution in [3.05, 3.63) is 82.1 Å². The maximum Gasteiger partial charge on any atom is 0.277 e. The van der Waals surface area contributed by atoms with Gasteiger partial charge >= 0.3 is 0 Å². The van der Waals surface area contributed by atoms with E-state index in [0.29, 0.717) is 5.75 Å². The van der Waals surface area contributed by atoms with Crippen molar-refractivity contribution in [3.8, 4) is 11.4 Å². The molecule has 1 heterocycles. The summed E-state index contributed by atoms with van der Waals surface area (Å²) in [4.78, 5) is 11.9. The topological polar surface area (TPSA) is 55.6 Å². The molecule has 0 saturated heterocycles. The van der Waals surface area contributed by atoms with Crippen molar-refractivity contribution in [2.75, 3.05) is 6.61 Å². The molecule has 0 fully saturated rings. The van der Waals surface area contributed by atoms with Crippen molar-refractivity contribution in [1.82, 2.24) is 9.99 Å². The van der Waals surface area contributed by atoms with E-state index in [1.807, 2.05) is 56.3 Å². The third-order valence-electron chi connectivity index (χ3n) is 4.04. The van der Waals surface area contributed by atoms with Gasteiger partial charge in [0.1, 0.15) is 5.75 Å². The first-order valence-electron chi connectivity index (χ1n) is 8.49. The van der Waals surface area contributed by atoms with Crippen molar-refractivity contribution in [2.45, 2.75) is 13.8 Å². The van der Waals surface area contributed by atoms with Crippen LogP contribution in [-0.2, 0) is 4.79 Å². The summed E-state index contributed by atoms with van der Waals surface area (Å²) < 4.78 is 8.56. The van der Waals surface area contributed by atoms with Gasteiger partial charge in [0.2, 0.25) is 0 Å². The van der Waals surface area contributed by atoms with E-state index in [0.717, 1.165) is 27.1 Å². The summed E-state index contributed by atoms with van der Waals surface area (Å²) in [6.45, 7) is 3.98. The Kier molecular flexibility index (Phi) is 6.08. The van der Waals surface area contributed by atoms with Gasteiger partial charge in [-0.05, 0) is 50.2 Å². The van der Waals surface area contributed by atoms with Crippen LogP contribution in [0, 0.1) is 13.8 Å². The van der Waals surface area contributed by atoms with Crippen molar-refractivity contribution in [2.24, 2.45) is 5.10 Å². The van der Waals surface area contributed by atoms with E-state index in [1.54, 1.807) is 18.3 Å². The molecule has 3 aromatic rings. The van der Waals surface area contributed by atoms with Gasteiger partial charge in [-0.3, -0.25) is 4.79 Å². The number of hydrazone groups is 1. The zero-order valence-electron chi connectivity index (χ0n) is 15.1. The fourth-order valence-corrected chi connectivity index (χ4v) is 3.19. The van der Waals surface area contributed by atoms with Gasteiger partial charge in [-0.15, -0.1) is 0 Å². The zero-order valence-corrected chi connectivity index (χ0v) is 16.7. The Balaban J connectivity index is 1.64. The molecule has 5 nitrogen and oxygen atoms in total. The molecule has 0 unspecified atom stereocenters. The average molecular weight is 426 g/mol. The van der Waals surface area contributed by atoms with Gasteiger partial charge in [0.05, 0.1) is 6.21 Å². The third-order valence-corrected chi connectivity index (χ3v) is 4.54. The second kappa shape index (κ2) is 8.68. The number of rotatable bonds is 6. The number of ether oxygens (including phenoxy) is 1. The lowest BCUT2D eigenvalue weighted by molar-refractivity contribution is -0.123. The number of para-hydroxylation sites is 1. The van der Waals surface area contributed by atoms with Crippen molar-refractivity contribution in [1.29, 1.82) is 0 Å². The molecule has 3 rings (SSSR count). The molecule has 2 aromatic carbocycles. The normalized spacial score (nSPS) is 10.9. The first-order chi connectivity index (χ1) is 13.0. The van der Waals surface area contributed by atoms with Crippen LogP contribution in [0.15, 0.2) is 70.2 Å². The summed E-state index contributed by atoms with van der Waals surface area (Å²) in [6, 6.07) is 19.3. The highest BCUT2D eigenvalue weighted by atomic mass is 79.9. The molecule has 1 aromatic heterocycles. The summed E-state index contributed by atoms with van der Waals surface area (Å²) in [6.07, 6.45) is 1.65. The number of aryl methyl sites for hydroxylation is 1. The molecular formula is C21H20BrN3O2. The summed E-state index contributed by atoms with van der Waals surface area (Å²) in [7, 11) is 0. The van der Waals surface area contributed by atoms with Gasteiger partial charge < -0.3 is 9.30 Å². The van der Waals surface area contributed by atoms with Crippen molar-refractivity contribution in [3.63, 3.8) is 0 Å². The van der Waals surface area contributed by atoms with Crippen LogP contribution in [0.1, 0.15) is 17.0 Å². The highest BCUT2D eigenvalue weighted by molar-refractivity contribution is 9.10. The van der Waals surface area contributed by atoms with Crippen LogP contribution >= 0.6 is 15.9 Å². The zero-order chi connectivity index (χ0) is 19.2. The molecule has 1 amide bonds. The van der Waals surface area contributed by atoms with E-state index in [1.165, 1.54) is 0 Å². The van der Waals surface area contributed by atoms with Crippen LogP contribution in [0.2, 0.25) is 0 Å². The largest absolute Gasteiger partial charge is 0.484 e. The molecule has 0 atom stereocenters. The third kappa shape index (κ3) is 4.86. The van der Waals surface area contributed by atoms with E-state index in [4.69, 9.17) is 4.74 Å². The predicted octanol–water partition coefficient (Wildman–Crippen LogP) is 4.39. The number of nitrogens with one attached hydrogen (secondary N) is 1. The standard InChI is InChI=1S/C21H20BrN3O2/c1-15-11-17(16(2)25(15)19-8-6-7-18(22)12-19)13-23-24-21(26)14-27-20-9-4-3-5-10-20/h3-13H,14H2,1-2H3,(H,24,26)/b23-13-. The predicted molar refractivity (Wildman–Crippen MR) is 111 cm³/mol. The second-order valence-corrected chi connectivity index (χ2v) is 6.95. The van der Waals surface area contributed by atoms with Crippen LogP contribution < -0.4 is 10.2 Å². The first kappa shape index (κ1) is 18.9. The number of carbonyl (C=O) groups excluding carboxylic acids is 1. The molecular weight excluding hydrogens is 406 g/mol.